The van der Waals surface area contributed by atoms with Crippen molar-refractivity contribution in [2.24, 2.45) is 5.92 Å². The molecule has 0 saturated carbocycles. The van der Waals surface area contributed by atoms with Gasteiger partial charge < -0.3 is 9.84 Å². The number of aliphatic hydroxyl groups is 1. The Kier molecular flexibility index (Phi) is 5.57. The van der Waals surface area contributed by atoms with Crippen LogP contribution < -0.4 is 0 Å². The van der Waals surface area contributed by atoms with Gasteiger partial charge in [-0.2, -0.15) is 0 Å². The topological polar surface area (TPSA) is 58.5 Å². The van der Waals surface area contributed by atoms with Crippen molar-refractivity contribution in [3.63, 3.8) is 0 Å². The summed E-state index contributed by atoms with van der Waals surface area (Å²) in [6, 6.07) is 0. The first kappa shape index (κ1) is 17.7. The van der Waals surface area contributed by atoms with E-state index in [-0.39, 0.29) is 6.61 Å². The molecule has 4 rings (SSSR count). The predicted molar refractivity (Wildman–Crippen MR) is 103 cm³/mol. The Labute approximate surface area is 156 Å². The van der Waals surface area contributed by atoms with Gasteiger partial charge in [-0.05, 0) is 30.7 Å². The van der Waals surface area contributed by atoms with Crippen molar-refractivity contribution in [3.05, 3.63) is 16.3 Å². The summed E-state index contributed by atoms with van der Waals surface area (Å²) in [4.78, 5) is 14.8. The summed E-state index contributed by atoms with van der Waals surface area (Å²) in [5, 5.41) is 11.6. The highest BCUT2D eigenvalue weighted by molar-refractivity contribution is 7.99. The summed E-state index contributed by atoms with van der Waals surface area (Å²) >= 11 is 3.52. The van der Waals surface area contributed by atoms with Crippen molar-refractivity contribution < 1.29 is 9.84 Å². The van der Waals surface area contributed by atoms with E-state index in [1.165, 1.54) is 28.7 Å². The van der Waals surface area contributed by atoms with E-state index in [9.17, 15) is 5.11 Å². The number of hydrogen-bond donors (Lipinski definition) is 1. The van der Waals surface area contributed by atoms with Crippen LogP contribution in [-0.4, -0.2) is 58.6 Å². The van der Waals surface area contributed by atoms with Crippen molar-refractivity contribution in [1.29, 1.82) is 0 Å². The lowest BCUT2D eigenvalue weighted by molar-refractivity contribution is 0.0330. The summed E-state index contributed by atoms with van der Waals surface area (Å²) in [6.07, 6.45) is 3.55. The fraction of sp³-hybridized carbons (Fsp3) is 0.667. The van der Waals surface area contributed by atoms with Gasteiger partial charge in [0, 0.05) is 29.1 Å². The van der Waals surface area contributed by atoms with Gasteiger partial charge in [0.25, 0.3) is 0 Å². The maximum Gasteiger partial charge on any atom is 0.145 e. The molecule has 5 nitrogen and oxygen atoms in total. The molecule has 1 atom stereocenters. The Morgan fingerprint density at radius 1 is 1.32 bits per heavy atom. The molecular weight excluding hydrogens is 354 g/mol. The van der Waals surface area contributed by atoms with Crippen molar-refractivity contribution in [2.45, 2.75) is 37.8 Å². The standard InChI is InChI=1S/C18H25N3O2S2/c1-12-2-3-13-14(10-12)25-18-16(13)17(24-9-6-22)19-15(20-18)11-21-4-7-23-8-5-21/h12,22H,2-11H2,1H3/t12-/m0/s1. The lowest BCUT2D eigenvalue weighted by Crippen LogP contribution is -2.36. The van der Waals surface area contributed by atoms with Crippen molar-refractivity contribution in [3.8, 4) is 0 Å². The Bertz CT molecular complexity index is 743. The highest BCUT2D eigenvalue weighted by Gasteiger charge is 2.24. The third-order valence-electron chi connectivity index (χ3n) is 4.97. The fourth-order valence-electron chi connectivity index (χ4n) is 3.63. The molecule has 0 unspecified atom stereocenters. The number of hydrogen-bond acceptors (Lipinski definition) is 7. The van der Waals surface area contributed by atoms with E-state index in [1.807, 2.05) is 11.3 Å². The molecule has 1 aliphatic heterocycles. The van der Waals surface area contributed by atoms with E-state index in [0.29, 0.717) is 5.75 Å². The van der Waals surface area contributed by atoms with Gasteiger partial charge in [0.2, 0.25) is 0 Å². The first-order valence-electron chi connectivity index (χ1n) is 9.09. The summed E-state index contributed by atoms with van der Waals surface area (Å²) < 4.78 is 5.44. The third kappa shape index (κ3) is 3.85. The highest BCUT2D eigenvalue weighted by Crippen LogP contribution is 2.40. The quantitative estimate of drug-likeness (QED) is 0.637. The van der Waals surface area contributed by atoms with Crippen LogP contribution in [0.2, 0.25) is 0 Å². The van der Waals surface area contributed by atoms with Crippen molar-refractivity contribution in [2.75, 3.05) is 38.7 Å². The van der Waals surface area contributed by atoms with Crippen LogP contribution in [0.5, 0.6) is 0 Å². The number of aliphatic hydroxyl groups excluding tert-OH is 1. The SMILES string of the molecule is C[C@H]1CCc2c(sc3nc(CN4CCOCC4)nc(SCCO)c23)C1. The van der Waals surface area contributed by atoms with Gasteiger partial charge in [0.05, 0.1) is 26.4 Å². The average Bonchev–Trinajstić information content (AvgIpc) is 2.97. The summed E-state index contributed by atoms with van der Waals surface area (Å²) in [6.45, 7) is 6.77. The zero-order valence-corrected chi connectivity index (χ0v) is 16.3. The van der Waals surface area contributed by atoms with E-state index >= 15 is 0 Å². The summed E-state index contributed by atoms with van der Waals surface area (Å²) in [5.74, 6) is 2.35. The zero-order valence-electron chi connectivity index (χ0n) is 14.7. The van der Waals surface area contributed by atoms with Gasteiger partial charge >= 0.3 is 0 Å². The monoisotopic (exact) mass is 379 g/mol. The first-order chi connectivity index (χ1) is 12.2. The van der Waals surface area contributed by atoms with E-state index in [1.54, 1.807) is 11.8 Å². The minimum atomic E-state index is 0.179. The molecular formula is C18H25N3O2S2. The van der Waals surface area contributed by atoms with Crippen LogP contribution in [0.1, 0.15) is 29.6 Å². The smallest absolute Gasteiger partial charge is 0.145 e. The highest BCUT2D eigenvalue weighted by atomic mass is 32.2. The van der Waals surface area contributed by atoms with E-state index in [4.69, 9.17) is 14.7 Å². The molecule has 1 fully saturated rings. The maximum absolute atomic E-state index is 9.27. The molecule has 0 spiro atoms. The van der Waals surface area contributed by atoms with Crippen LogP contribution in [0.3, 0.4) is 0 Å². The van der Waals surface area contributed by atoms with Crippen LogP contribution >= 0.6 is 23.1 Å². The molecule has 25 heavy (non-hydrogen) atoms. The van der Waals surface area contributed by atoms with Crippen LogP contribution in [0.15, 0.2) is 5.03 Å². The molecule has 7 heteroatoms. The molecule has 2 aliphatic rings. The molecule has 2 aromatic heterocycles. The van der Waals surface area contributed by atoms with Crippen LogP contribution in [0.25, 0.3) is 10.2 Å². The average molecular weight is 380 g/mol. The van der Waals surface area contributed by atoms with Gasteiger partial charge in [0.15, 0.2) is 0 Å². The summed E-state index contributed by atoms with van der Waals surface area (Å²) in [5.41, 5.74) is 1.47. The number of morpholine rings is 1. The minimum absolute atomic E-state index is 0.179. The van der Waals surface area contributed by atoms with Gasteiger partial charge in [-0.25, -0.2) is 9.97 Å². The Balaban J connectivity index is 1.70. The number of nitrogens with zero attached hydrogens (tertiary/aromatic N) is 3. The molecule has 136 valence electrons. The lowest BCUT2D eigenvalue weighted by Gasteiger charge is -2.25. The van der Waals surface area contributed by atoms with Gasteiger partial charge in [-0.3, -0.25) is 4.90 Å². The van der Waals surface area contributed by atoms with Gasteiger partial charge in [-0.1, -0.05) is 6.92 Å². The van der Waals surface area contributed by atoms with Crippen LogP contribution in [-0.2, 0) is 24.1 Å². The van der Waals surface area contributed by atoms with E-state index in [2.05, 4.69) is 11.8 Å². The number of fused-ring (bicyclic) bond motifs is 3. The van der Waals surface area contributed by atoms with Gasteiger partial charge in [0.1, 0.15) is 15.7 Å². The van der Waals surface area contributed by atoms with Crippen molar-refractivity contribution >= 4 is 33.3 Å². The molecule has 2 aromatic rings. The maximum atomic E-state index is 9.27. The molecule has 0 radical (unpaired) electrons. The Hall–Kier alpha value is -0.730. The molecule has 1 aliphatic carbocycles. The van der Waals surface area contributed by atoms with Crippen molar-refractivity contribution in [1.82, 2.24) is 14.9 Å². The molecule has 0 aromatic carbocycles. The Morgan fingerprint density at radius 3 is 2.96 bits per heavy atom. The molecule has 0 amide bonds. The Morgan fingerprint density at radius 2 is 2.16 bits per heavy atom. The normalized spacial score (nSPS) is 21.6. The molecule has 3 heterocycles. The molecule has 0 bridgehead atoms. The number of ether oxygens (including phenoxy) is 1. The zero-order chi connectivity index (χ0) is 17.2. The number of rotatable bonds is 5. The minimum Gasteiger partial charge on any atom is -0.396 e. The van der Waals surface area contributed by atoms with E-state index < -0.39 is 0 Å². The van der Waals surface area contributed by atoms with Gasteiger partial charge in [-0.15, -0.1) is 23.1 Å². The van der Waals surface area contributed by atoms with Crippen LogP contribution in [0.4, 0.5) is 0 Å². The summed E-state index contributed by atoms with van der Waals surface area (Å²) in [7, 11) is 0. The number of aryl methyl sites for hydroxylation is 1. The largest absolute Gasteiger partial charge is 0.396 e. The molecule has 1 N–H and O–H groups in total. The lowest BCUT2D eigenvalue weighted by atomic mass is 9.89. The number of thioether (sulfide) groups is 1. The number of thiophene rings is 1. The van der Waals surface area contributed by atoms with Crippen LogP contribution in [0, 0.1) is 5.92 Å². The predicted octanol–water partition coefficient (Wildman–Crippen LogP) is 2.73. The second-order valence-corrected chi connectivity index (χ2v) is 9.10. The second kappa shape index (κ2) is 7.88. The molecule has 1 saturated heterocycles. The van der Waals surface area contributed by atoms with E-state index in [0.717, 1.165) is 60.9 Å². The third-order valence-corrected chi connectivity index (χ3v) is 7.07. The first-order valence-corrected chi connectivity index (χ1v) is 10.9. The fourth-order valence-corrected chi connectivity index (χ4v) is 5.91. The number of aromatic nitrogens is 2. The second-order valence-electron chi connectivity index (χ2n) is 6.94.